The fraction of sp³-hybridized carbons (Fsp3) is 0.190. The van der Waals surface area contributed by atoms with Gasteiger partial charge in [0, 0.05) is 48.8 Å². The lowest BCUT2D eigenvalue weighted by molar-refractivity contribution is 0.0978. The van der Waals surface area contributed by atoms with Gasteiger partial charge in [0.1, 0.15) is 13.2 Å². The summed E-state index contributed by atoms with van der Waals surface area (Å²) in [6.45, 7) is 0.505. The summed E-state index contributed by atoms with van der Waals surface area (Å²) < 4.78 is 23.9. The number of fused-ring (bicyclic) bond motifs is 8. The van der Waals surface area contributed by atoms with Crippen LogP contribution < -0.4 is 28.7 Å². The van der Waals surface area contributed by atoms with Crippen LogP contribution in [-0.2, 0) is 26.1 Å². The third-order valence-electron chi connectivity index (χ3n) is 10.0. The molecule has 0 spiro atoms. The van der Waals surface area contributed by atoms with Crippen molar-refractivity contribution >= 4 is 47.0 Å². The molecule has 10 heteroatoms. The molecule has 258 valence electrons. The number of anilines is 2. The summed E-state index contributed by atoms with van der Waals surface area (Å²) in [7, 11) is 3.12. The average molecular weight is 691 g/mol. The van der Waals surface area contributed by atoms with Gasteiger partial charge in [0.25, 0.3) is 11.8 Å². The number of aliphatic imine (C=N–C) groups is 2. The van der Waals surface area contributed by atoms with E-state index in [9.17, 15) is 9.59 Å². The standard InChI is InChI=1S/C42H34N4O6/c1-49-37-17-31-33(43-21-29-15-27-10-3-5-12-35(27)45(29)41(31)47)19-39(37)51-23-25-8-7-9-26(14-25)24-52-40-20-34-32(18-38(40)50-2)42(48)46-30(22-44-34)16-28-11-4-6-13-36(28)46/h3-14,17-22,29-30H,15-16,23-24H2,1-2H3/t29-,30?/m0/s1. The third-order valence-corrected chi connectivity index (χ3v) is 10.0. The molecule has 0 saturated carbocycles. The molecule has 0 radical (unpaired) electrons. The number of methoxy groups -OCH3 is 2. The highest BCUT2D eigenvalue weighted by atomic mass is 16.5. The Kier molecular flexibility index (Phi) is 7.72. The second-order valence-corrected chi connectivity index (χ2v) is 13.1. The van der Waals surface area contributed by atoms with E-state index in [2.05, 4.69) is 12.1 Å². The molecule has 0 aliphatic carbocycles. The Hall–Kier alpha value is -6.42. The maximum Gasteiger partial charge on any atom is 0.261 e. The van der Waals surface area contributed by atoms with Crippen LogP contribution in [0.4, 0.5) is 22.7 Å². The molecule has 0 N–H and O–H groups in total. The number of ether oxygens (including phenoxy) is 4. The summed E-state index contributed by atoms with van der Waals surface area (Å²) in [5.41, 5.74) is 7.93. The van der Waals surface area contributed by atoms with E-state index in [1.165, 1.54) is 0 Å². The van der Waals surface area contributed by atoms with Crippen LogP contribution in [0.25, 0.3) is 0 Å². The molecule has 9 rings (SSSR count). The minimum Gasteiger partial charge on any atom is -0.493 e. The van der Waals surface area contributed by atoms with Crippen LogP contribution in [0, 0.1) is 0 Å². The zero-order chi connectivity index (χ0) is 35.3. The van der Waals surface area contributed by atoms with Gasteiger partial charge >= 0.3 is 0 Å². The van der Waals surface area contributed by atoms with E-state index in [4.69, 9.17) is 28.9 Å². The summed E-state index contributed by atoms with van der Waals surface area (Å²) in [5, 5.41) is 0. The van der Waals surface area contributed by atoms with Crippen LogP contribution in [-0.4, -0.2) is 50.5 Å². The molecule has 0 aromatic heterocycles. The first-order chi connectivity index (χ1) is 25.5. The van der Waals surface area contributed by atoms with Gasteiger partial charge in [-0.1, -0.05) is 54.6 Å². The van der Waals surface area contributed by atoms with Gasteiger partial charge in [-0.3, -0.25) is 29.4 Å². The molecule has 4 aliphatic rings. The first-order valence-electron chi connectivity index (χ1n) is 17.2. The molecule has 4 aliphatic heterocycles. The number of hydrogen-bond donors (Lipinski definition) is 0. The molecule has 5 aromatic rings. The zero-order valence-corrected chi connectivity index (χ0v) is 28.6. The van der Waals surface area contributed by atoms with Gasteiger partial charge in [-0.15, -0.1) is 0 Å². The Morgan fingerprint density at radius 1 is 0.577 bits per heavy atom. The Morgan fingerprint density at radius 3 is 1.50 bits per heavy atom. The molecular formula is C42H34N4O6. The van der Waals surface area contributed by atoms with Gasteiger partial charge in [0.2, 0.25) is 0 Å². The van der Waals surface area contributed by atoms with Crippen molar-refractivity contribution in [1.29, 1.82) is 0 Å². The van der Waals surface area contributed by atoms with Crippen LogP contribution in [0.5, 0.6) is 23.0 Å². The monoisotopic (exact) mass is 690 g/mol. The van der Waals surface area contributed by atoms with Gasteiger partial charge in [-0.25, -0.2) is 0 Å². The molecule has 2 amide bonds. The predicted octanol–water partition coefficient (Wildman–Crippen LogP) is 7.44. The van der Waals surface area contributed by atoms with Crippen molar-refractivity contribution in [2.24, 2.45) is 9.98 Å². The smallest absolute Gasteiger partial charge is 0.261 e. The first-order valence-corrected chi connectivity index (χ1v) is 17.2. The summed E-state index contributed by atoms with van der Waals surface area (Å²) in [5.74, 6) is 1.65. The number of para-hydroxylation sites is 2. The molecule has 5 aromatic carbocycles. The topological polar surface area (TPSA) is 102 Å². The Morgan fingerprint density at radius 2 is 1.04 bits per heavy atom. The molecular weight excluding hydrogens is 656 g/mol. The maximum absolute atomic E-state index is 13.8. The van der Waals surface area contributed by atoms with E-state index >= 15 is 0 Å². The van der Waals surface area contributed by atoms with Crippen LogP contribution >= 0.6 is 0 Å². The molecule has 1 unspecified atom stereocenters. The number of hydrogen-bond acceptors (Lipinski definition) is 8. The summed E-state index contributed by atoms with van der Waals surface area (Å²) in [6.07, 6.45) is 5.13. The lowest BCUT2D eigenvalue weighted by Gasteiger charge is -2.22. The Labute approximate surface area is 300 Å². The number of benzene rings is 5. The molecule has 0 saturated heterocycles. The second kappa shape index (κ2) is 12.7. The Bertz CT molecular complexity index is 2180. The first kappa shape index (κ1) is 31.6. The number of amides is 2. The molecule has 2 atom stereocenters. The number of nitrogens with zero attached hydrogens (tertiary/aromatic N) is 4. The molecule has 0 fully saturated rings. The molecule has 0 bridgehead atoms. The van der Waals surface area contributed by atoms with Crippen LogP contribution in [0.15, 0.2) is 107 Å². The minimum absolute atomic E-state index is 0.115. The lowest BCUT2D eigenvalue weighted by Crippen LogP contribution is -2.37. The van der Waals surface area contributed by atoms with E-state index in [0.29, 0.717) is 45.5 Å². The van der Waals surface area contributed by atoms with Crippen molar-refractivity contribution in [1.82, 2.24) is 0 Å². The highest BCUT2D eigenvalue weighted by Crippen LogP contribution is 2.43. The van der Waals surface area contributed by atoms with Gasteiger partial charge in [-0.2, -0.15) is 0 Å². The number of carbonyl (C=O) groups excluding carboxylic acids is 2. The molecule has 10 nitrogen and oxygen atoms in total. The van der Waals surface area contributed by atoms with Crippen LogP contribution in [0.3, 0.4) is 0 Å². The summed E-state index contributed by atoms with van der Waals surface area (Å²) >= 11 is 0. The van der Waals surface area contributed by atoms with Gasteiger partial charge in [-0.05, 0) is 52.6 Å². The second-order valence-electron chi connectivity index (χ2n) is 13.1. The fourth-order valence-electron chi connectivity index (χ4n) is 7.51. The third kappa shape index (κ3) is 5.35. The Balaban J connectivity index is 0.908. The fourth-order valence-corrected chi connectivity index (χ4v) is 7.51. The van der Waals surface area contributed by atoms with Crippen molar-refractivity contribution in [3.8, 4) is 23.0 Å². The van der Waals surface area contributed by atoms with Crippen molar-refractivity contribution < 1.29 is 28.5 Å². The van der Waals surface area contributed by atoms with Crippen molar-refractivity contribution in [3.63, 3.8) is 0 Å². The SMILES string of the molecule is COc1cc2c(cc1OCc1cccc(COc3cc4c(cc3OC)C(=O)N3c5ccccc5C[C@H]3C=N4)c1)N=CC1Cc3ccccc3N1C2=O. The normalized spacial score (nSPS) is 17.7. The highest BCUT2D eigenvalue weighted by molar-refractivity contribution is 6.15. The van der Waals surface area contributed by atoms with Crippen molar-refractivity contribution in [2.45, 2.75) is 38.1 Å². The van der Waals surface area contributed by atoms with E-state index < -0.39 is 0 Å². The van der Waals surface area contributed by atoms with Crippen LogP contribution in [0.1, 0.15) is 43.0 Å². The largest absolute Gasteiger partial charge is 0.493 e. The van der Waals surface area contributed by atoms with E-state index in [1.807, 2.05) is 82.9 Å². The van der Waals surface area contributed by atoms with Gasteiger partial charge in [0.15, 0.2) is 23.0 Å². The highest BCUT2D eigenvalue weighted by Gasteiger charge is 2.38. The van der Waals surface area contributed by atoms with Crippen molar-refractivity contribution in [2.75, 3.05) is 24.0 Å². The predicted molar refractivity (Wildman–Crippen MR) is 199 cm³/mol. The van der Waals surface area contributed by atoms with Crippen molar-refractivity contribution in [3.05, 3.63) is 130 Å². The number of rotatable bonds is 8. The van der Waals surface area contributed by atoms with Gasteiger partial charge < -0.3 is 18.9 Å². The zero-order valence-electron chi connectivity index (χ0n) is 28.6. The molecule has 4 heterocycles. The van der Waals surface area contributed by atoms with E-state index in [1.54, 1.807) is 38.5 Å². The van der Waals surface area contributed by atoms with E-state index in [-0.39, 0.29) is 37.1 Å². The lowest BCUT2D eigenvalue weighted by atomic mass is 10.1. The van der Waals surface area contributed by atoms with Gasteiger partial charge in [0.05, 0.1) is 48.8 Å². The van der Waals surface area contributed by atoms with Crippen LogP contribution in [0.2, 0.25) is 0 Å². The summed E-state index contributed by atoms with van der Waals surface area (Å²) in [6, 6.07) is 30.5. The van der Waals surface area contributed by atoms with E-state index in [0.717, 1.165) is 46.5 Å². The maximum atomic E-state index is 13.8. The minimum atomic E-state index is -0.144. The summed E-state index contributed by atoms with van der Waals surface area (Å²) in [4.78, 5) is 40.6. The average Bonchev–Trinajstić information content (AvgIpc) is 3.67. The molecule has 52 heavy (non-hydrogen) atoms. The number of carbonyl (C=O) groups is 2. The quantitative estimate of drug-likeness (QED) is 0.168.